The third-order valence-electron chi connectivity index (χ3n) is 6.29. The molecule has 1 fully saturated rings. The summed E-state index contributed by atoms with van der Waals surface area (Å²) in [6.45, 7) is 3.81. The highest BCUT2D eigenvalue weighted by atomic mass is 16.6. The maximum atomic E-state index is 11.8. The maximum absolute atomic E-state index is 11.8. The second-order valence-electron chi connectivity index (χ2n) is 9.10. The lowest BCUT2D eigenvalue weighted by atomic mass is 10.0. The minimum Gasteiger partial charge on any atom is -0.465 e. The highest BCUT2D eigenvalue weighted by Gasteiger charge is 2.24. The molecule has 31 heavy (non-hydrogen) atoms. The number of hydrogen-bond donors (Lipinski definition) is 2. The van der Waals surface area contributed by atoms with Crippen LogP contribution < -0.4 is 5.32 Å². The lowest BCUT2D eigenvalue weighted by Crippen LogP contribution is -2.41. The SMILES string of the molecule is CCCCCCCCCCCCCCCCCCNC(=O)OC1CCN(C(=O)O)CC1. The van der Waals surface area contributed by atoms with E-state index in [1.54, 1.807) is 0 Å². The summed E-state index contributed by atoms with van der Waals surface area (Å²) in [7, 11) is 0. The highest BCUT2D eigenvalue weighted by molar-refractivity contribution is 5.67. The molecule has 1 heterocycles. The van der Waals surface area contributed by atoms with Crippen LogP contribution in [0.3, 0.4) is 0 Å². The van der Waals surface area contributed by atoms with Crippen molar-refractivity contribution in [3.63, 3.8) is 0 Å². The van der Waals surface area contributed by atoms with E-state index in [1.165, 1.54) is 94.8 Å². The van der Waals surface area contributed by atoms with Crippen LogP contribution in [0.2, 0.25) is 0 Å². The molecule has 0 aliphatic carbocycles. The van der Waals surface area contributed by atoms with Gasteiger partial charge in [0.25, 0.3) is 0 Å². The van der Waals surface area contributed by atoms with Gasteiger partial charge in [-0.05, 0) is 6.42 Å². The Kier molecular flexibility index (Phi) is 17.1. The molecule has 0 unspecified atom stereocenters. The van der Waals surface area contributed by atoms with E-state index in [-0.39, 0.29) is 12.2 Å². The van der Waals surface area contributed by atoms with Crippen molar-refractivity contribution in [2.75, 3.05) is 19.6 Å². The van der Waals surface area contributed by atoms with Crippen molar-refractivity contribution >= 4 is 12.2 Å². The quantitative estimate of drug-likeness (QED) is 0.222. The monoisotopic (exact) mass is 440 g/mol. The minimum atomic E-state index is -0.897. The summed E-state index contributed by atoms with van der Waals surface area (Å²) in [4.78, 5) is 24.1. The molecular weight excluding hydrogens is 392 g/mol. The number of piperidine rings is 1. The van der Waals surface area contributed by atoms with Gasteiger partial charge in [0.1, 0.15) is 6.10 Å². The number of alkyl carbamates (subject to hydrolysis) is 1. The smallest absolute Gasteiger partial charge is 0.407 e. The lowest BCUT2D eigenvalue weighted by Gasteiger charge is -2.29. The van der Waals surface area contributed by atoms with Crippen molar-refractivity contribution in [1.29, 1.82) is 0 Å². The molecule has 1 saturated heterocycles. The van der Waals surface area contributed by atoms with Gasteiger partial charge in [0.05, 0.1) is 0 Å². The number of unbranched alkanes of at least 4 members (excludes halogenated alkanes) is 15. The highest BCUT2D eigenvalue weighted by Crippen LogP contribution is 2.15. The molecule has 1 aliphatic heterocycles. The second-order valence-corrected chi connectivity index (χ2v) is 9.10. The van der Waals surface area contributed by atoms with Crippen LogP contribution in [0.5, 0.6) is 0 Å². The summed E-state index contributed by atoms with van der Waals surface area (Å²) in [5, 5.41) is 11.7. The first-order valence-corrected chi connectivity index (χ1v) is 13.1. The number of carbonyl (C=O) groups is 2. The summed E-state index contributed by atoms with van der Waals surface area (Å²) >= 11 is 0. The molecule has 182 valence electrons. The van der Waals surface area contributed by atoms with Crippen molar-refractivity contribution < 1.29 is 19.4 Å². The van der Waals surface area contributed by atoms with Crippen LogP contribution >= 0.6 is 0 Å². The zero-order valence-corrected chi connectivity index (χ0v) is 20.0. The van der Waals surface area contributed by atoms with Crippen molar-refractivity contribution in [2.24, 2.45) is 0 Å². The largest absolute Gasteiger partial charge is 0.465 e. The number of carbonyl (C=O) groups excluding carboxylic acids is 1. The van der Waals surface area contributed by atoms with Gasteiger partial charge in [0.2, 0.25) is 0 Å². The molecule has 0 aromatic rings. The van der Waals surface area contributed by atoms with Gasteiger partial charge in [-0.1, -0.05) is 103 Å². The predicted octanol–water partition coefficient (Wildman–Crippen LogP) is 7.12. The van der Waals surface area contributed by atoms with Crippen LogP contribution in [0.25, 0.3) is 0 Å². The molecule has 2 amide bonds. The molecule has 1 aliphatic rings. The van der Waals surface area contributed by atoms with Crippen LogP contribution in [0.1, 0.15) is 122 Å². The molecule has 0 aromatic carbocycles. The zero-order valence-electron chi connectivity index (χ0n) is 20.0. The number of rotatable bonds is 18. The van der Waals surface area contributed by atoms with E-state index in [2.05, 4.69) is 12.2 Å². The first-order valence-electron chi connectivity index (χ1n) is 13.1. The third kappa shape index (κ3) is 15.9. The Balaban J connectivity index is 1.78. The first kappa shape index (κ1) is 27.6. The molecule has 0 saturated carbocycles. The van der Waals surface area contributed by atoms with Gasteiger partial charge in [-0.2, -0.15) is 0 Å². The Morgan fingerprint density at radius 2 is 1.19 bits per heavy atom. The minimum absolute atomic E-state index is 0.165. The molecule has 6 nitrogen and oxygen atoms in total. The second kappa shape index (κ2) is 19.2. The molecule has 2 N–H and O–H groups in total. The number of likely N-dealkylation sites (tertiary alicyclic amines) is 1. The normalized spacial score (nSPS) is 14.5. The molecular formula is C25H48N2O4. The Morgan fingerprint density at radius 1 is 0.774 bits per heavy atom. The third-order valence-corrected chi connectivity index (χ3v) is 6.29. The van der Waals surface area contributed by atoms with Crippen LogP contribution in [0.15, 0.2) is 0 Å². The maximum Gasteiger partial charge on any atom is 0.407 e. The van der Waals surface area contributed by atoms with Crippen molar-refractivity contribution in [1.82, 2.24) is 10.2 Å². The molecule has 0 radical (unpaired) electrons. The number of nitrogens with zero attached hydrogens (tertiary/aromatic N) is 1. The van der Waals surface area contributed by atoms with E-state index in [0.29, 0.717) is 32.5 Å². The zero-order chi connectivity index (χ0) is 22.6. The summed E-state index contributed by atoms with van der Waals surface area (Å²) < 4.78 is 5.38. The molecule has 0 spiro atoms. The van der Waals surface area contributed by atoms with Crippen molar-refractivity contribution in [3.8, 4) is 0 Å². The fraction of sp³-hybridized carbons (Fsp3) is 0.920. The van der Waals surface area contributed by atoms with E-state index in [9.17, 15) is 9.59 Å². The molecule has 0 bridgehead atoms. The van der Waals surface area contributed by atoms with Gasteiger partial charge in [0, 0.05) is 32.5 Å². The molecule has 0 atom stereocenters. The van der Waals surface area contributed by atoms with Crippen LogP contribution in [-0.2, 0) is 4.74 Å². The van der Waals surface area contributed by atoms with E-state index >= 15 is 0 Å². The predicted molar refractivity (Wildman–Crippen MR) is 127 cm³/mol. The average Bonchev–Trinajstić information content (AvgIpc) is 2.76. The Hall–Kier alpha value is -1.46. The van der Waals surface area contributed by atoms with E-state index < -0.39 is 6.09 Å². The Morgan fingerprint density at radius 3 is 1.61 bits per heavy atom. The van der Waals surface area contributed by atoms with Crippen LogP contribution in [0.4, 0.5) is 9.59 Å². The van der Waals surface area contributed by atoms with Crippen molar-refractivity contribution in [2.45, 2.75) is 129 Å². The number of carboxylic acid groups (broad SMARTS) is 1. The molecule has 6 heteroatoms. The van der Waals surface area contributed by atoms with Gasteiger partial charge in [-0.15, -0.1) is 0 Å². The average molecular weight is 441 g/mol. The summed E-state index contributed by atoms with van der Waals surface area (Å²) in [6.07, 6.45) is 21.2. The fourth-order valence-corrected chi connectivity index (χ4v) is 4.22. The van der Waals surface area contributed by atoms with Gasteiger partial charge >= 0.3 is 12.2 Å². The standard InChI is InChI=1S/C25H48N2O4/c1-2-3-4-5-6-7-8-9-10-11-12-13-14-15-16-17-20-26-24(28)31-23-18-21-27(22-19-23)25(29)30/h23H,2-22H2,1H3,(H,26,28)(H,29,30). The molecule has 0 aromatic heterocycles. The van der Waals surface area contributed by atoms with Gasteiger partial charge in [-0.3, -0.25) is 0 Å². The first-order chi connectivity index (χ1) is 15.1. The van der Waals surface area contributed by atoms with Crippen LogP contribution in [-0.4, -0.2) is 47.9 Å². The number of hydrogen-bond acceptors (Lipinski definition) is 3. The number of amides is 2. The van der Waals surface area contributed by atoms with Gasteiger partial charge < -0.3 is 20.1 Å². The van der Waals surface area contributed by atoms with E-state index in [0.717, 1.165) is 12.8 Å². The van der Waals surface area contributed by atoms with Gasteiger partial charge in [-0.25, -0.2) is 9.59 Å². The summed E-state index contributed by atoms with van der Waals surface area (Å²) in [5.74, 6) is 0. The molecule has 1 rings (SSSR count). The van der Waals surface area contributed by atoms with Crippen LogP contribution in [0, 0.1) is 0 Å². The summed E-state index contributed by atoms with van der Waals surface area (Å²) in [5.41, 5.74) is 0. The fourth-order valence-electron chi connectivity index (χ4n) is 4.22. The van der Waals surface area contributed by atoms with Gasteiger partial charge in [0.15, 0.2) is 0 Å². The Bertz CT molecular complexity index is 451. The number of ether oxygens (including phenoxy) is 1. The topological polar surface area (TPSA) is 78.9 Å². The number of nitrogens with one attached hydrogen (secondary N) is 1. The van der Waals surface area contributed by atoms with E-state index in [1.807, 2.05) is 0 Å². The lowest BCUT2D eigenvalue weighted by molar-refractivity contribution is 0.0511. The summed E-state index contributed by atoms with van der Waals surface area (Å²) in [6, 6.07) is 0. The Labute approximate surface area is 190 Å². The van der Waals surface area contributed by atoms with Crippen molar-refractivity contribution in [3.05, 3.63) is 0 Å². The van der Waals surface area contributed by atoms with E-state index in [4.69, 9.17) is 9.84 Å².